The van der Waals surface area contributed by atoms with Crippen LogP contribution in [-0.2, 0) is 4.79 Å². The number of thioether (sulfide) groups is 1. The molecule has 4 rings (SSSR count). The van der Waals surface area contributed by atoms with Crippen LogP contribution in [0.25, 0.3) is 6.08 Å². The molecule has 1 N–H and O–H groups in total. The maximum absolute atomic E-state index is 12.6. The van der Waals surface area contributed by atoms with Crippen molar-refractivity contribution in [2.75, 3.05) is 13.7 Å². The van der Waals surface area contributed by atoms with Crippen LogP contribution in [0, 0.1) is 5.41 Å². The van der Waals surface area contributed by atoms with Gasteiger partial charge in [0.1, 0.15) is 5.75 Å². The predicted molar refractivity (Wildman–Crippen MR) is 126 cm³/mol. The molecule has 9 nitrogen and oxygen atoms in total. The van der Waals surface area contributed by atoms with Gasteiger partial charge in [-0.1, -0.05) is 6.07 Å². The highest BCUT2D eigenvalue weighted by Crippen LogP contribution is 2.32. The number of carbonyl (C=O) groups is 2. The smallest absolute Gasteiger partial charge is 0.343 e. The molecule has 0 saturated heterocycles. The normalized spacial score (nSPS) is 16.3. The molecule has 0 aliphatic carbocycles. The number of nitrogens with one attached hydrogen (secondary N) is 1. The Bertz CT molecular complexity index is 1230. The van der Waals surface area contributed by atoms with Gasteiger partial charge in [0.25, 0.3) is 5.91 Å². The van der Waals surface area contributed by atoms with Crippen molar-refractivity contribution in [2.24, 2.45) is 10.1 Å². The first-order valence-corrected chi connectivity index (χ1v) is 10.8. The number of esters is 1. The van der Waals surface area contributed by atoms with Crippen molar-refractivity contribution >= 4 is 45.8 Å². The topological polar surface area (TPSA) is 114 Å². The maximum Gasteiger partial charge on any atom is 0.343 e. The van der Waals surface area contributed by atoms with Crippen LogP contribution in [0.5, 0.6) is 17.2 Å². The van der Waals surface area contributed by atoms with Gasteiger partial charge in [0, 0.05) is 0 Å². The molecule has 1 amide bonds. The van der Waals surface area contributed by atoms with E-state index in [0.717, 1.165) is 0 Å². The van der Waals surface area contributed by atoms with E-state index in [-0.39, 0.29) is 17.2 Å². The Labute approximate surface area is 194 Å². The number of hydrogen-bond acceptors (Lipinski definition) is 8. The summed E-state index contributed by atoms with van der Waals surface area (Å²) in [6, 6.07) is 11.4. The SMILES string of the molecule is CCOc1cc(C=C2C(=N)N3N=C(C)SC3=NC2=O)ccc1OC(=O)c1ccc(OC)cc1. The van der Waals surface area contributed by atoms with Crippen LogP contribution in [0.1, 0.15) is 29.8 Å². The number of hydrogen-bond donors (Lipinski definition) is 1. The van der Waals surface area contributed by atoms with Gasteiger partial charge in [0.2, 0.25) is 5.17 Å². The molecule has 2 aromatic rings. The Morgan fingerprint density at radius 3 is 2.64 bits per heavy atom. The van der Waals surface area contributed by atoms with E-state index < -0.39 is 11.9 Å². The van der Waals surface area contributed by atoms with Gasteiger partial charge in [-0.15, -0.1) is 0 Å². The van der Waals surface area contributed by atoms with Crippen molar-refractivity contribution in [3.05, 3.63) is 59.2 Å². The third-order valence-electron chi connectivity index (χ3n) is 4.66. The van der Waals surface area contributed by atoms with E-state index in [1.165, 1.54) is 22.8 Å². The predicted octanol–water partition coefficient (Wildman–Crippen LogP) is 3.95. The van der Waals surface area contributed by atoms with Gasteiger partial charge < -0.3 is 14.2 Å². The number of rotatable bonds is 6. The summed E-state index contributed by atoms with van der Waals surface area (Å²) in [6.45, 7) is 3.93. The molecule has 2 aliphatic rings. The van der Waals surface area contributed by atoms with Crippen LogP contribution >= 0.6 is 11.8 Å². The molecule has 0 radical (unpaired) electrons. The Hall–Kier alpha value is -3.92. The number of amidine groups is 2. The van der Waals surface area contributed by atoms with Crippen LogP contribution in [0.2, 0.25) is 0 Å². The second-order valence-corrected chi connectivity index (χ2v) is 8.06. The Balaban J connectivity index is 1.60. The third-order valence-corrected chi connectivity index (χ3v) is 5.49. The monoisotopic (exact) mass is 464 g/mol. The average molecular weight is 465 g/mol. The highest BCUT2D eigenvalue weighted by molar-refractivity contribution is 8.26. The summed E-state index contributed by atoms with van der Waals surface area (Å²) in [7, 11) is 1.55. The number of nitrogens with zero attached hydrogens (tertiary/aromatic N) is 3. The zero-order valence-corrected chi connectivity index (χ0v) is 18.9. The van der Waals surface area contributed by atoms with Crippen molar-refractivity contribution < 1.29 is 23.8 Å². The van der Waals surface area contributed by atoms with Gasteiger partial charge >= 0.3 is 5.97 Å². The van der Waals surface area contributed by atoms with Crippen LogP contribution < -0.4 is 14.2 Å². The molecule has 0 unspecified atom stereocenters. The molecule has 2 aliphatic heterocycles. The third kappa shape index (κ3) is 4.65. The van der Waals surface area contributed by atoms with Gasteiger partial charge in [-0.25, -0.2) is 4.79 Å². The molecule has 2 heterocycles. The van der Waals surface area contributed by atoms with Crippen molar-refractivity contribution in [1.82, 2.24) is 5.01 Å². The molecule has 0 saturated carbocycles. The second-order valence-electron chi connectivity index (χ2n) is 6.90. The first-order chi connectivity index (χ1) is 15.9. The van der Waals surface area contributed by atoms with E-state index in [4.69, 9.17) is 19.6 Å². The fraction of sp³-hybridized carbons (Fsp3) is 0.174. The van der Waals surface area contributed by atoms with Crippen molar-refractivity contribution in [3.63, 3.8) is 0 Å². The second kappa shape index (κ2) is 9.29. The summed E-state index contributed by atoms with van der Waals surface area (Å²) in [5.41, 5.74) is 1.05. The average Bonchev–Trinajstić information content (AvgIpc) is 3.18. The van der Waals surface area contributed by atoms with E-state index in [9.17, 15) is 9.59 Å². The van der Waals surface area contributed by atoms with E-state index in [1.807, 2.05) is 6.92 Å². The summed E-state index contributed by atoms with van der Waals surface area (Å²) in [5, 5.41) is 15.0. The Morgan fingerprint density at radius 2 is 1.94 bits per heavy atom. The van der Waals surface area contributed by atoms with Crippen LogP contribution in [-0.4, -0.2) is 46.6 Å². The molecule has 0 fully saturated rings. The van der Waals surface area contributed by atoms with Gasteiger partial charge in [-0.3, -0.25) is 10.2 Å². The summed E-state index contributed by atoms with van der Waals surface area (Å²) in [6.07, 6.45) is 1.54. The largest absolute Gasteiger partial charge is 0.497 e. The minimum Gasteiger partial charge on any atom is -0.497 e. The number of hydrazone groups is 1. The number of benzene rings is 2. The van der Waals surface area contributed by atoms with E-state index in [0.29, 0.717) is 39.4 Å². The molecule has 2 aromatic carbocycles. The van der Waals surface area contributed by atoms with Crippen LogP contribution in [0.4, 0.5) is 0 Å². The van der Waals surface area contributed by atoms with E-state index >= 15 is 0 Å². The molecule has 0 spiro atoms. The molecule has 0 atom stereocenters. The fourth-order valence-corrected chi connectivity index (χ4v) is 3.84. The van der Waals surface area contributed by atoms with E-state index in [2.05, 4.69) is 10.1 Å². The van der Waals surface area contributed by atoms with Crippen LogP contribution in [0.15, 0.2) is 58.1 Å². The van der Waals surface area contributed by atoms with Gasteiger partial charge in [0.15, 0.2) is 17.3 Å². The summed E-state index contributed by atoms with van der Waals surface area (Å²) in [4.78, 5) is 29.1. The fourth-order valence-electron chi connectivity index (χ4n) is 3.11. The number of carbonyl (C=O) groups excluding carboxylic acids is 2. The summed E-state index contributed by atoms with van der Waals surface area (Å²) in [5.74, 6) is 0.0840. The molecule has 33 heavy (non-hydrogen) atoms. The highest BCUT2D eigenvalue weighted by atomic mass is 32.2. The molecule has 168 valence electrons. The lowest BCUT2D eigenvalue weighted by Gasteiger charge is -2.20. The minimum absolute atomic E-state index is 0.0534. The number of fused-ring (bicyclic) bond motifs is 1. The lowest BCUT2D eigenvalue weighted by molar-refractivity contribution is -0.114. The van der Waals surface area contributed by atoms with Crippen molar-refractivity contribution in [2.45, 2.75) is 13.8 Å². The first-order valence-electron chi connectivity index (χ1n) is 9.99. The maximum atomic E-state index is 12.6. The Morgan fingerprint density at radius 1 is 1.18 bits per heavy atom. The number of amides is 1. The van der Waals surface area contributed by atoms with Crippen molar-refractivity contribution in [3.8, 4) is 17.2 Å². The van der Waals surface area contributed by atoms with Gasteiger partial charge in [-0.05, 0) is 73.6 Å². The molecule has 0 bridgehead atoms. The minimum atomic E-state index is -0.546. The highest BCUT2D eigenvalue weighted by Gasteiger charge is 2.34. The van der Waals surface area contributed by atoms with Crippen molar-refractivity contribution in [1.29, 1.82) is 5.41 Å². The quantitative estimate of drug-likeness (QED) is 0.391. The Kier molecular flexibility index (Phi) is 6.27. The molecule has 10 heteroatoms. The first kappa shape index (κ1) is 22.3. The van der Waals surface area contributed by atoms with Gasteiger partial charge in [0.05, 0.1) is 29.9 Å². The van der Waals surface area contributed by atoms with Crippen LogP contribution in [0.3, 0.4) is 0 Å². The summed E-state index contributed by atoms with van der Waals surface area (Å²) >= 11 is 1.24. The van der Waals surface area contributed by atoms with Gasteiger partial charge in [-0.2, -0.15) is 15.1 Å². The van der Waals surface area contributed by atoms with E-state index in [1.54, 1.807) is 56.5 Å². The number of ether oxygens (including phenoxy) is 3. The molecular weight excluding hydrogens is 444 g/mol. The lowest BCUT2D eigenvalue weighted by atomic mass is 10.1. The number of methoxy groups -OCH3 is 1. The molecule has 0 aromatic heterocycles. The standard InChI is InChI=1S/C23H20N4O5S/c1-4-31-19-12-14(11-17-20(24)27-23(25-21(17)28)33-13(2)26-27)5-10-18(19)32-22(29)15-6-8-16(30-3)9-7-15/h5-12,24H,4H2,1-3H3. The summed E-state index contributed by atoms with van der Waals surface area (Å²) < 4.78 is 16.3. The zero-order valence-electron chi connectivity index (χ0n) is 18.1. The lowest BCUT2D eigenvalue weighted by Crippen LogP contribution is -2.35. The molecular formula is C23H20N4O5S. The number of aliphatic imine (C=N–C) groups is 1. The zero-order chi connectivity index (χ0) is 23.5.